The maximum Gasteiger partial charge on any atom is 0.0950 e. The van der Waals surface area contributed by atoms with Gasteiger partial charge in [0.25, 0.3) is 0 Å². The van der Waals surface area contributed by atoms with E-state index < -0.39 is 0 Å². The van der Waals surface area contributed by atoms with Gasteiger partial charge in [0, 0.05) is 15.3 Å². The molecule has 0 aliphatic carbocycles. The molecule has 2 aromatic carbocycles. The van der Waals surface area contributed by atoms with E-state index in [1.54, 1.807) is 0 Å². The maximum absolute atomic E-state index is 4.85. The number of aromatic nitrogens is 2. The van der Waals surface area contributed by atoms with Gasteiger partial charge in [-0.15, -0.1) is 0 Å². The Bertz CT molecular complexity index is 907. The quantitative estimate of drug-likeness (QED) is 0.442. The van der Waals surface area contributed by atoms with Crippen molar-refractivity contribution in [3.05, 3.63) is 70.4 Å². The molecule has 0 unspecified atom stereocenters. The summed E-state index contributed by atoms with van der Waals surface area (Å²) in [6, 6.07) is 20.9. The van der Waals surface area contributed by atoms with Gasteiger partial charge < -0.3 is 4.40 Å². The summed E-state index contributed by atoms with van der Waals surface area (Å²) in [5.41, 5.74) is 5.49. The lowest BCUT2D eigenvalue weighted by Gasteiger charge is -2.08. The molecule has 0 aliphatic heterocycles. The first-order valence-electron chi connectivity index (χ1n) is 6.45. The molecule has 0 saturated heterocycles. The van der Waals surface area contributed by atoms with Crippen molar-refractivity contribution >= 4 is 39.1 Å². The van der Waals surface area contributed by atoms with E-state index in [2.05, 4.69) is 81.7 Å². The van der Waals surface area contributed by atoms with Crippen LogP contribution in [0, 0.1) is 3.57 Å². The number of hydrogen-bond acceptors (Lipinski definition) is 1. The van der Waals surface area contributed by atoms with Crippen molar-refractivity contribution in [1.29, 1.82) is 0 Å². The molecule has 0 N–H and O–H groups in total. The molecule has 20 heavy (non-hydrogen) atoms. The molecule has 0 radical (unpaired) electrons. The Labute approximate surface area is 130 Å². The zero-order valence-corrected chi connectivity index (χ0v) is 12.8. The highest BCUT2D eigenvalue weighted by Crippen LogP contribution is 2.27. The first-order valence-corrected chi connectivity index (χ1v) is 7.52. The summed E-state index contributed by atoms with van der Waals surface area (Å²) in [5, 5.41) is 0. The molecule has 4 aromatic rings. The minimum absolute atomic E-state index is 1.02. The lowest BCUT2D eigenvalue weighted by atomic mass is 10.1. The Balaban J connectivity index is 2.11. The van der Waals surface area contributed by atoms with E-state index in [4.69, 9.17) is 4.98 Å². The number of nitrogens with zero attached hydrogens (tertiary/aromatic N) is 2. The molecule has 2 heterocycles. The lowest BCUT2D eigenvalue weighted by molar-refractivity contribution is 1.23. The van der Waals surface area contributed by atoms with Crippen molar-refractivity contribution in [2.75, 3.05) is 0 Å². The predicted octanol–water partition coefficient (Wildman–Crippen LogP) is 4.76. The fraction of sp³-hybridized carbons (Fsp3) is 0. The fourth-order valence-corrected chi connectivity index (χ4v) is 2.90. The van der Waals surface area contributed by atoms with Gasteiger partial charge in [0.2, 0.25) is 0 Å². The Morgan fingerprint density at radius 2 is 1.55 bits per heavy atom. The summed E-state index contributed by atoms with van der Waals surface area (Å²) in [6.07, 6.45) is 2.09. The minimum atomic E-state index is 1.02. The number of fused-ring (bicyclic) bond motifs is 3. The van der Waals surface area contributed by atoms with E-state index >= 15 is 0 Å². The van der Waals surface area contributed by atoms with Crippen LogP contribution in [0.5, 0.6) is 0 Å². The fourth-order valence-electron chi connectivity index (χ4n) is 2.54. The van der Waals surface area contributed by atoms with Gasteiger partial charge in [-0.3, -0.25) is 0 Å². The first-order chi connectivity index (χ1) is 9.83. The van der Waals surface area contributed by atoms with E-state index in [1.165, 1.54) is 3.57 Å². The molecule has 96 valence electrons. The molecule has 2 nitrogen and oxygen atoms in total. The number of benzene rings is 2. The van der Waals surface area contributed by atoms with Crippen LogP contribution in [0.25, 0.3) is 27.8 Å². The van der Waals surface area contributed by atoms with Crippen LogP contribution in [0.15, 0.2) is 66.9 Å². The Hall–Kier alpha value is -1.88. The molecule has 0 aliphatic rings. The third-order valence-electron chi connectivity index (χ3n) is 3.48. The maximum atomic E-state index is 4.85. The van der Waals surface area contributed by atoms with Crippen molar-refractivity contribution in [3.8, 4) is 11.3 Å². The summed E-state index contributed by atoms with van der Waals surface area (Å²) < 4.78 is 3.44. The zero-order valence-electron chi connectivity index (χ0n) is 10.6. The summed E-state index contributed by atoms with van der Waals surface area (Å²) in [7, 11) is 0. The SMILES string of the molecule is Ic1ccc(-c2nc3ccccc3n3cccc23)cc1. The average Bonchev–Trinajstić information content (AvgIpc) is 2.97. The van der Waals surface area contributed by atoms with Gasteiger partial charge in [-0.25, -0.2) is 4.98 Å². The summed E-state index contributed by atoms with van der Waals surface area (Å²) in [6.45, 7) is 0. The molecule has 0 bridgehead atoms. The van der Waals surface area contributed by atoms with Crippen molar-refractivity contribution in [2.24, 2.45) is 0 Å². The van der Waals surface area contributed by atoms with Crippen LogP contribution in [-0.4, -0.2) is 9.38 Å². The Morgan fingerprint density at radius 3 is 2.40 bits per heavy atom. The predicted molar refractivity (Wildman–Crippen MR) is 90.9 cm³/mol. The standard InChI is InChI=1S/C17H11IN2/c18-13-9-7-12(8-10-13)17-16-6-3-11-20(16)15-5-2-1-4-14(15)19-17/h1-11H. The minimum Gasteiger partial charge on any atom is -0.313 e. The molecule has 0 saturated carbocycles. The highest BCUT2D eigenvalue weighted by atomic mass is 127. The smallest absolute Gasteiger partial charge is 0.0950 e. The number of hydrogen-bond donors (Lipinski definition) is 0. The highest BCUT2D eigenvalue weighted by Gasteiger charge is 2.09. The third kappa shape index (κ3) is 1.81. The van der Waals surface area contributed by atoms with E-state index in [1.807, 2.05) is 12.1 Å². The van der Waals surface area contributed by atoms with Gasteiger partial charge in [-0.1, -0.05) is 24.3 Å². The molecule has 4 rings (SSSR count). The normalized spacial score (nSPS) is 11.2. The summed E-state index contributed by atoms with van der Waals surface area (Å²) in [4.78, 5) is 4.85. The van der Waals surface area contributed by atoms with Crippen LogP contribution in [0.2, 0.25) is 0 Å². The molecule has 0 amide bonds. The largest absolute Gasteiger partial charge is 0.313 e. The van der Waals surface area contributed by atoms with Gasteiger partial charge in [0.1, 0.15) is 0 Å². The topological polar surface area (TPSA) is 17.3 Å². The van der Waals surface area contributed by atoms with Gasteiger partial charge in [-0.2, -0.15) is 0 Å². The zero-order chi connectivity index (χ0) is 13.5. The van der Waals surface area contributed by atoms with Crippen LogP contribution < -0.4 is 0 Å². The molecular weight excluding hydrogens is 359 g/mol. The van der Waals surface area contributed by atoms with Crippen LogP contribution in [0.4, 0.5) is 0 Å². The van der Waals surface area contributed by atoms with E-state index in [9.17, 15) is 0 Å². The number of rotatable bonds is 1. The molecule has 0 fully saturated rings. The van der Waals surface area contributed by atoms with Crippen molar-refractivity contribution in [1.82, 2.24) is 9.38 Å². The van der Waals surface area contributed by atoms with Gasteiger partial charge in [-0.05, 0) is 59.0 Å². The van der Waals surface area contributed by atoms with Crippen LogP contribution >= 0.6 is 22.6 Å². The molecule has 0 atom stereocenters. The second-order valence-electron chi connectivity index (χ2n) is 4.72. The molecule has 0 spiro atoms. The Kier molecular flexibility index (Phi) is 2.73. The monoisotopic (exact) mass is 370 g/mol. The number of halogens is 1. The molecule has 2 aromatic heterocycles. The summed E-state index contributed by atoms with van der Waals surface area (Å²) in [5.74, 6) is 0. The molecular formula is C17H11IN2. The van der Waals surface area contributed by atoms with E-state index in [0.717, 1.165) is 27.8 Å². The van der Waals surface area contributed by atoms with E-state index in [-0.39, 0.29) is 0 Å². The molecule has 3 heteroatoms. The van der Waals surface area contributed by atoms with Crippen molar-refractivity contribution in [2.45, 2.75) is 0 Å². The second-order valence-corrected chi connectivity index (χ2v) is 5.97. The van der Waals surface area contributed by atoms with E-state index in [0.29, 0.717) is 0 Å². The van der Waals surface area contributed by atoms with Crippen LogP contribution in [0.3, 0.4) is 0 Å². The summed E-state index contributed by atoms with van der Waals surface area (Å²) >= 11 is 2.32. The van der Waals surface area contributed by atoms with Crippen LogP contribution in [-0.2, 0) is 0 Å². The van der Waals surface area contributed by atoms with Gasteiger partial charge in [0.05, 0.1) is 22.2 Å². The highest BCUT2D eigenvalue weighted by molar-refractivity contribution is 14.1. The third-order valence-corrected chi connectivity index (χ3v) is 4.20. The second kappa shape index (κ2) is 4.59. The average molecular weight is 370 g/mol. The van der Waals surface area contributed by atoms with Crippen LogP contribution in [0.1, 0.15) is 0 Å². The van der Waals surface area contributed by atoms with Crippen molar-refractivity contribution in [3.63, 3.8) is 0 Å². The van der Waals surface area contributed by atoms with Gasteiger partial charge in [0.15, 0.2) is 0 Å². The van der Waals surface area contributed by atoms with Crippen molar-refractivity contribution < 1.29 is 0 Å². The lowest BCUT2D eigenvalue weighted by Crippen LogP contribution is -1.94. The first kappa shape index (κ1) is 11.9. The Morgan fingerprint density at radius 1 is 0.800 bits per heavy atom. The van der Waals surface area contributed by atoms with Gasteiger partial charge >= 0.3 is 0 Å². The number of para-hydroxylation sites is 2.